The molecule has 0 spiro atoms. The van der Waals surface area contributed by atoms with Crippen LogP contribution < -0.4 is 0 Å². The Morgan fingerprint density at radius 1 is 1.28 bits per heavy atom. The molecule has 6 heteroatoms. The summed E-state index contributed by atoms with van der Waals surface area (Å²) in [5.74, 6) is 1.01. The second-order valence-corrected chi connectivity index (χ2v) is 4.42. The lowest BCUT2D eigenvalue weighted by molar-refractivity contribution is 0.0382. The molecule has 1 aliphatic rings. The average Bonchev–Trinajstić information content (AvgIpc) is 2.79. The van der Waals surface area contributed by atoms with Crippen molar-refractivity contribution in [3.63, 3.8) is 0 Å². The molecule has 1 aliphatic heterocycles. The third-order valence-corrected chi connectivity index (χ3v) is 3.11. The van der Waals surface area contributed by atoms with Crippen molar-refractivity contribution >= 4 is 5.65 Å². The van der Waals surface area contributed by atoms with Crippen LogP contribution >= 0.6 is 0 Å². The molecule has 6 nitrogen and oxygen atoms in total. The molecule has 3 heterocycles. The van der Waals surface area contributed by atoms with Gasteiger partial charge in [0.2, 0.25) is 0 Å². The van der Waals surface area contributed by atoms with Gasteiger partial charge in [-0.25, -0.2) is 9.50 Å². The average molecular weight is 248 g/mol. The molecular weight excluding hydrogens is 232 g/mol. The zero-order chi connectivity index (χ0) is 12.4. The molecule has 3 rings (SSSR count). The first-order valence-corrected chi connectivity index (χ1v) is 6.16. The monoisotopic (exact) mass is 248 g/mol. The topological polar surface area (TPSA) is 62.9 Å². The van der Waals surface area contributed by atoms with E-state index < -0.39 is 0 Å². The number of hydrogen-bond acceptors (Lipinski definition) is 5. The molecule has 0 unspecified atom stereocenters. The molecule has 1 fully saturated rings. The highest BCUT2D eigenvalue weighted by Crippen LogP contribution is 2.10. The second-order valence-electron chi connectivity index (χ2n) is 4.42. The molecule has 0 aliphatic carbocycles. The van der Waals surface area contributed by atoms with Crippen LogP contribution in [0.4, 0.5) is 0 Å². The van der Waals surface area contributed by atoms with Crippen LogP contribution in [0.25, 0.3) is 5.65 Å². The minimum absolute atomic E-state index is 0.201. The van der Waals surface area contributed by atoms with E-state index >= 15 is 0 Å². The lowest BCUT2D eigenvalue weighted by atomic mass is 10.3. The highest BCUT2D eigenvalue weighted by Gasteiger charge is 2.11. The SMILES string of the molecule is Oc1ccc2nc(CCN3CCOCC3)nn2c1. The summed E-state index contributed by atoms with van der Waals surface area (Å²) in [6, 6.07) is 3.39. The Labute approximate surface area is 105 Å². The maximum absolute atomic E-state index is 9.36. The zero-order valence-electron chi connectivity index (χ0n) is 10.1. The first-order chi connectivity index (χ1) is 8.81. The first kappa shape index (κ1) is 11.4. The molecule has 1 saturated heterocycles. The van der Waals surface area contributed by atoms with Gasteiger partial charge in [-0.05, 0) is 12.1 Å². The Kier molecular flexibility index (Phi) is 3.12. The van der Waals surface area contributed by atoms with Crippen molar-refractivity contribution < 1.29 is 9.84 Å². The smallest absolute Gasteiger partial charge is 0.155 e. The third-order valence-electron chi connectivity index (χ3n) is 3.11. The summed E-state index contributed by atoms with van der Waals surface area (Å²) in [7, 11) is 0. The molecule has 1 N–H and O–H groups in total. The summed E-state index contributed by atoms with van der Waals surface area (Å²) in [6.07, 6.45) is 2.39. The van der Waals surface area contributed by atoms with Crippen LogP contribution in [0.2, 0.25) is 0 Å². The second kappa shape index (κ2) is 4.91. The Hall–Kier alpha value is -1.66. The van der Waals surface area contributed by atoms with Crippen LogP contribution in [0.3, 0.4) is 0 Å². The third kappa shape index (κ3) is 2.44. The van der Waals surface area contributed by atoms with Crippen molar-refractivity contribution in [2.45, 2.75) is 6.42 Å². The summed E-state index contributed by atoms with van der Waals surface area (Å²) < 4.78 is 6.92. The Balaban J connectivity index is 1.67. The minimum Gasteiger partial charge on any atom is -0.506 e. The number of aromatic nitrogens is 3. The standard InChI is InChI=1S/C12H16N4O2/c17-10-1-2-12-13-11(14-16(12)9-10)3-4-15-5-7-18-8-6-15/h1-2,9,17H,3-8H2. The minimum atomic E-state index is 0.201. The Morgan fingerprint density at radius 2 is 2.11 bits per heavy atom. The Morgan fingerprint density at radius 3 is 2.94 bits per heavy atom. The van der Waals surface area contributed by atoms with Gasteiger partial charge in [-0.3, -0.25) is 4.90 Å². The fourth-order valence-electron chi connectivity index (χ4n) is 2.11. The van der Waals surface area contributed by atoms with Crippen molar-refractivity contribution in [2.24, 2.45) is 0 Å². The predicted octanol–water partition coefficient (Wildman–Crippen LogP) is 0.310. The largest absolute Gasteiger partial charge is 0.506 e. The van der Waals surface area contributed by atoms with E-state index in [9.17, 15) is 5.11 Å². The number of nitrogens with zero attached hydrogens (tertiary/aromatic N) is 4. The summed E-state index contributed by atoms with van der Waals surface area (Å²) in [6.45, 7) is 4.54. The van der Waals surface area contributed by atoms with Crippen LogP contribution in [0.1, 0.15) is 5.82 Å². The predicted molar refractivity (Wildman–Crippen MR) is 65.6 cm³/mol. The molecule has 0 atom stereocenters. The van der Waals surface area contributed by atoms with E-state index in [1.54, 1.807) is 22.8 Å². The van der Waals surface area contributed by atoms with Gasteiger partial charge in [0, 0.05) is 26.1 Å². The van der Waals surface area contributed by atoms with Gasteiger partial charge < -0.3 is 9.84 Å². The summed E-state index contributed by atoms with van der Waals surface area (Å²) in [4.78, 5) is 6.77. The number of hydrogen-bond donors (Lipinski definition) is 1. The van der Waals surface area contributed by atoms with E-state index in [2.05, 4.69) is 15.0 Å². The van der Waals surface area contributed by atoms with Gasteiger partial charge in [0.05, 0.1) is 19.4 Å². The van der Waals surface area contributed by atoms with E-state index in [1.165, 1.54) is 0 Å². The number of aromatic hydroxyl groups is 1. The van der Waals surface area contributed by atoms with Crippen LogP contribution in [0.5, 0.6) is 5.75 Å². The van der Waals surface area contributed by atoms with Crippen LogP contribution in [-0.2, 0) is 11.2 Å². The van der Waals surface area contributed by atoms with Gasteiger partial charge in [-0.15, -0.1) is 0 Å². The number of rotatable bonds is 3. The van der Waals surface area contributed by atoms with Crippen LogP contribution in [0.15, 0.2) is 18.3 Å². The van der Waals surface area contributed by atoms with Crippen LogP contribution in [0, 0.1) is 0 Å². The molecule has 2 aromatic heterocycles. The van der Waals surface area contributed by atoms with Gasteiger partial charge >= 0.3 is 0 Å². The number of morpholine rings is 1. The molecule has 0 radical (unpaired) electrons. The van der Waals surface area contributed by atoms with E-state index in [0.717, 1.165) is 50.7 Å². The summed E-state index contributed by atoms with van der Waals surface area (Å²) in [5, 5.41) is 13.7. The lowest BCUT2D eigenvalue weighted by Gasteiger charge is -2.25. The van der Waals surface area contributed by atoms with Gasteiger partial charge in [-0.2, -0.15) is 5.10 Å². The van der Waals surface area contributed by atoms with Gasteiger partial charge in [0.1, 0.15) is 5.75 Å². The fraction of sp³-hybridized carbons (Fsp3) is 0.500. The van der Waals surface area contributed by atoms with Gasteiger partial charge in [0.15, 0.2) is 11.5 Å². The van der Waals surface area contributed by atoms with Crippen molar-refractivity contribution in [1.82, 2.24) is 19.5 Å². The quantitative estimate of drug-likeness (QED) is 0.847. The first-order valence-electron chi connectivity index (χ1n) is 6.16. The van der Waals surface area contributed by atoms with E-state index in [-0.39, 0.29) is 5.75 Å². The van der Waals surface area contributed by atoms with Gasteiger partial charge in [-0.1, -0.05) is 0 Å². The molecule has 0 bridgehead atoms. The Bertz CT molecular complexity index is 534. The fourth-order valence-corrected chi connectivity index (χ4v) is 2.11. The normalized spacial score (nSPS) is 17.3. The molecular formula is C12H16N4O2. The van der Waals surface area contributed by atoms with Crippen molar-refractivity contribution in [3.8, 4) is 5.75 Å². The molecule has 0 saturated carbocycles. The van der Waals surface area contributed by atoms with E-state index in [0.29, 0.717) is 0 Å². The number of ether oxygens (including phenoxy) is 1. The maximum atomic E-state index is 9.36. The molecule has 18 heavy (non-hydrogen) atoms. The van der Waals surface area contributed by atoms with Crippen LogP contribution in [-0.4, -0.2) is 57.5 Å². The van der Waals surface area contributed by atoms with Crippen molar-refractivity contribution in [1.29, 1.82) is 0 Å². The van der Waals surface area contributed by atoms with E-state index in [1.807, 2.05) is 0 Å². The van der Waals surface area contributed by atoms with Crippen molar-refractivity contribution in [2.75, 3.05) is 32.8 Å². The number of fused-ring (bicyclic) bond motifs is 1. The van der Waals surface area contributed by atoms with Gasteiger partial charge in [0.25, 0.3) is 0 Å². The highest BCUT2D eigenvalue weighted by atomic mass is 16.5. The summed E-state index contributed by atoms with van der Waals surface area (Å²) in [5.41, 5.74) is 0.768. The maximum Gasteiger partial charge on any atom is 0.155 e. The molecule has 0 aromatic carbocycles. The number of pyridine rings is 1. The molecule has 0 amide bonds. The zero-order valence-corrected chi connectivity index (χ0v) is 10.1. The van der Waals surface area contributed by atoms with E-state index in [4.69, 9.17) is 4.74 Å². The summed E-state index contributed by atoms with van der Waals surface area (Å²) >= 11 is 0. The lowest BCUT2D eigenvalue weighted by Crippen LogP contribution is -2.37. The van der Waals surface area contributed by atoms with Crippen molar-refractivity contribution in [3.05, 3.63) is 24.2 Å². The molecule has 96 valence electrons. The highest BCUT2D eigenvalue weighted by molar-refractivity contribution is 5.40. The molecule has 2 aromatic rings.